The summed E-state index contributed by atoms with van der Waals surface area (Å²) >= 11 is 0. The first-order valence-electron chi connectivity index (χ1n) is 5.50. The van der Waals surface area contributed by atoms with E-state index in [0.29, 0.717) is 0 Å². The Morgan fingerprint density at radius 1 is 1.12 bits per heavy atom. The molecule has 0 radical (unpaired) electrons. The molecule has 0 aliphatic heterocycles. The average Bonchev–Trinajstić information content (AvgIpc) is 2.29. The number of phenols is 1. The first-order chi connectivity index (χ1) is 8.15. The van der Waals surface area contributed by atoms with Gasteiger partial charge in [-0.15, -0.1) is 0 Å². The van der Waals surface area contributed by atoms with Gasteiger partial charge in [0.2, 0.25) is 0 Å². The van der Waals surface area contributed by atoms with E-state index in [1.165, 1.54) is 0 Å². The normalized spacial score (nSPS) is 10.2. The molecule has 88 valence electrons. The molecule has 0 bridgehead atoms. The van der Waals surface area contributed by atoms with E-state index in [-0.39, 0.29) is 5.75 Å². The summed E-state index contributed by atoms with van der Waals surface area (Å²) in [6.45, 7) is 0.758. The summed E-state index contributed by atoms with van der Waals surface area (Å²) < 4.78 is 0. The molecule has 0 spiro atoms. The summed E-state index contributed by atoms with van der Waals surface area (Å²) in [7, 11) is 1.98. The molecule has 0 saturated carbocycles. The highest BCUT2D eigenvalue weighted by Gasteiger charge is 2.03. The lowest BCUT2D eigenvalue weighted by molar-refractivity contribution is 0.475. The Labute approximate surface area is 101 Å². The first kappa shape index (κ1) is 11.3. The molecule has 0 fully saturated rings. The van der Waals surface area contributed by atoms with E-state index < -0.39 is 0 Å². The minimum atomic E-state index is 0.280. The van der Waals surface area contributed by atoms with Crippen molar-refractivity contribution in [1.82, 2.24) is 0 Å². The third-order valence-corrected chi connectivity index (χ3v) is 2.64. The Bertz CT molecular complexity index is 511. The summed E-state index contributed by atoms with van der Waals surface area (Å²) in [6, 6.07) is 15.0. The van der Waals surface area contributed by atoms with Crippen molar-refractivity contribution in [2.45, 2.75) is 6.54 Å². The van der Waals surface area contributed by atoms with Gasteiger partial charge in [-0.2, -0.15) is 0 Å². The van der Waals surface area contributed by atoms with Crippen LogP contribution in [0.4, 0.5) is 11.4 Å². The van der Waals surface area contributed by atoms with Crippen molar-refractivity contribution in [3.05, 3.63) is 54.1 Å². The Hall–Kier alpha value is -2.16. The Kier molecular flexibility index (Phi) is 3.19. The van der Waals surface area contributed by atoms with Gasteiger partial charge >= 0.3 is 0 Å². The van der Waals surface area contributed by atoms with Gasteiger partial charge in [-0.3, -0.25) is 0 Å². The second kappa shape index (κ2) is 4.78. The van der Waals surface area contributed by atoms with Crippen LogP contribution in [0.15, 0.2) is 48.5 Å². The van der Waals surface area contributed by atoms with Crippen molar-refractivity contribution in [2.75, 3.05) is 17.7 Å². The molecule has 0 amide bonds. The van der Waals surface area contributed by atoms with Gasteiger partial charge in [0.15, 0.2) is 0 Å². The Balaban J connectivity index is 2.14. The maximum Gasteiger partial charge on any atom is 0.117 e. The van der Waals surface area contributed by atoms with Crippen molar-refractivity contribution >= 4 is 11.4 Å². The van der Waals surface area contributed by atoms with E-state index >= 15 is 0 Å². The van der Waals surface area contributed by atoms with Crippen LogP contribution in [-0.4, -0.2) is 12.2 Å². The molecule has 2 aromatic rings. The summed E-state index contributed by atoms with van der Waals surface area (Å²) in [6.07, 6.45) is 0. The van der Waals surface area contributed by atoms with E-state index in [9.17, 15) is 5.11 Å². The highest BCUT2D eigenvalue weighted by atomic mass is 16.3. The van der Waals surface area contributed by atoms with Crippen LogP contribution in [0, 0.1) is 0 Å². The molecule has 0 aliphatic rings. The van der Waals surface area contributed by atoms with Crippen LogP contribution in [-0.2, 0) is 6.54 Å². The van der Waals surface area contributed by atoms with Crippen molar-refractivity contribution in [1.29, 1.82) is 0 Å². The predicted molar refractivity (Wildman–Crippen MR) is 71.1 cm³/mol. The lowest BCUT2D eigenvalue weighted by Gasteiger charge is -2.19. The number of anilines is 2. The monoisotopic (exact) mass is 228 g/mol. The Morgan fingerprint density at radius 3 is 2.59 bits per heavy atom. The highest BCUT2D eigenvalue weighted by Crippen LogP contribution is 2.20. The van der Waals surface area contributed by atoms with E-state index in [1.54, 1.807) is 12.1 Å². The lowest BCUT2D eigenvalue weighted by Crippen LogP contribution is -2.16. The van der Waals surface area contributed by atoms with Gasteiger partial charge in [-0.25, -0.2) is 0 Å². The molecule has 0 heterocycles. The standard InChI is InChI=1S/C14H16N2O/c1-16(13-6-3-7-14(17)9-13)10-11-4-2-5-12(15)8-11/h2-9,17H,10,15H2,1H3. The number of nitrogen functional groups attached to an aromatic ring is 1. The molecule has 3 heteroatoms. The van der Waals surface area contributed by atoms with Crippen LogP contribution < -0.4 is 10.6 Å². The van der Waals surface area contributed by atoms with Gasteiger partial charge in [0.1, 0.15) is 5.75 Å². The zero-order valence-corrected chi connectivity index (χ0v) is 9.80. The molecular weight excluding hydrogens is 212 g/mol. The third-order valence-electron chi connectivity index (χ3n) is 2.64. The molecule has 0 aliphatic carbocycles. The average molecular weight is 228 g/mol. The number of benzene rings is 2. The highest BCUT2D eigenvalue weighted by molar-refractivity contribution is 5.51. The van der Waals surface area contributed by atoms with E-state index in [2.05, 4.69) is 4.90 Å². The van der Waals surface area contributed by atoms with Crippen molar-refractivity contribution in [3.8, 4) is 5.75 Å². The van der Waals surface area contributed by atoms with Gasteiger partial charge in [0.25, 0.3) is 0 Å². The van der Waals surface area contributed by atoms with Gasteiger partial charge in [0, 0.05) is 31.0 Å². The molecule has 0 atom stereocenters. The number of aromatic hydroxyl groups is 1. The van der Waals surface area contributed by atoms with Crippen LogP contribution in [0.1, 0.15) is 5.56 Å². The summed E-state index contributed by atoms with van der Waals surface area (Å²) in [5, 5.41) is 9.43. The maximum atomic E-state index is 9.43. The first-order valence-corrected chi connectivity index (χ1v) is 5.50. The van der Waals surface area contributed by atoms with Crippen molar-refractivity contribution in [2.24, 2.45) is 0 Å². The predicted octanol–water partition coefficient (Wildman–Crippen LogP) is 2.61. The fraction of sp³-hybridized carbons (Fsp3) is 0.143. The van der Waals surface area contributed by atoms with E-state index in [4.69, 9.17) is 5.73 Å². The molecule has 2 rings (SSSR count). The summed E-state index contributed by atoms with van der Waals surface area (Å²) in [4.78, 5) is 2.06. The fourth-order valence-electron chi connectivity index (χ4n) is 1.79. The fourth-order valence-corrected chi connectivity index (χ4v) is 1.79. The number of nitrogens with two attached hydrogens (primary N) is 1. The lowest BCUT2D eigenvalue weighted by atomic mass is 10.2. The Morgan fingerprint density at radius 2 is 1.88 bits per heavy atom. The van der Waals surface area contributed by atoms with Gasteiger partial charge in [-0.05, 0) is 29.8 Å². The smallest absolute Gasteiger partial charge is 0.117 e. The molecule has 0 unspecified atom stereocenters. The van der Waals surface area contributed by atoms with Crippen LogP contribution in [0.25, 0.3) is 0 Å². The van der Waals surface area contributed by atoms with Gasteiger partial charge in [-0.1, -0.05) is 18.2 Å². The molecule has 0 aromatic heterocycles. The van der Waals surface area contributed by atoms with Crippen LogP contribution >= 0.6 is 0 Å². The number of hydrogen-bond acceptors (Lipinski definition) is 3. The van der Waals surface area contributed by atoms with Gasteiger partial charge < -0.3 is 15.7 Å². The SMILES string of the molecule is CN(Cc1cccc(N)c1)c1cccc(O)c1. The minimum Gasteiger partial charge on any atom is -0.508 e. The number of nitrogens with zero attached hydrogens (tertiary/aromatic N) is 1. The largest absolute Gasteiger partial charge is 0.508 e. The van der Waals surface area contributed by atoms with E-state index in [0.717, 1.165) is 23.5 Å². The maximum absolute atomic E-state index is 9.43. The molecule has 3 N–H and O–H groups in total. The van der Waals surface area contributed by atoms with Crippen LogP contribution in [0.5, 0.6) is 5.75 Å². The van der Waals surface area contributed by atoms with Crippen LogP contribution in [0.2, 0.25) is 0 Å². The minimum absolute atomic E-state index is 0.280. The van der Waals surface area contributed by atoms with Crippen molar-refractivity contribution in [3.63, 3.8) is 0 Å². The molecular formula is C14H16N2O. The van der Waals surface area contributed by atoms with E-state index in [1.807, 2.05) is 43.4 Å². The zero-order chi connectivity index (χ0) is 12.3. The number of phenolic OH excluding ortho intramolecular Hbond substituents is 1. The van der Waals surface area contributed by atoms with Gasteiger partial charge in [0.05, 0.1) is 0 Å². The topological polar surface area (TPSA) is 49.5 Å². The quantitative estimate of drug-likeness (QED) is 0.794. The number of hydrogen-bond donors (Lipinski definition) is 2. The number of rotatable bonds is 3. The third kappa shape index (κ3) is 2.91. The zero-order valence-electron chi connectivity index (χ0n) is 9.80. The van der Waals surface area contributed by atoms with Crippen LogP contribution in [0.3, 0.4) is 0 Å². The molecule has 17 heavy (non-hydrogen) atoms. The molecule has 0 saturated heterocycles. The summed E-state index contributed by atoms with van der Waals surface area (Å²) in [5.41, 5.74) is 8.64. The van der Waals surface area contributed by atoms with Crippen molar-refractivity contribution < 1.29 is 5.11 Å². The molecule has 2 aromatic carbocycles. The molecule has 3 nitrogen and oxygen atoms in total. The second-order valence-electron chi connectivity index (χ2n) is 4.12. The second-order valence-corrected chi connectivity index (χ2v) is 4.12. The summed E-state index contributed by atoms with van der Waals surface area (Å²) in [5.74, 6) is 0.280.